The fourth-order valence-corrected chi connectivity index (χ4v) is 2.21. The largest absolute Gasteiger partial charge is 0.463 e. The summed E-state index contributed by atoms with van der Waals surface area (Å²) in [6.07, 6.45) is 7.65. The van der Waals surface area contributed by atoms with Gasteiger partial charge in [-0.1, -0.05) is 63.3 Å². The predicted octanol–water partition coefficient (Wildman–Crippen LogP) is 4.92. The Morgan fingerprint density at radius 2 is 1.75 bits per heavy atom. The standard InChI is InChI=1S/C20H25N3O.C2H6.CH5N/c1-3-14-22-18(19-13-8-15-24-19)12-7-9-16(2)23-20(21)17-10-5-4-6-11-17;2*1-2/h4-6,8-13,15,22H,3,7,14H2,1-2H3,(H2,21,23);1-2H3;2H2,1H3/b16-9-,18-12-;;. The van der Waals surface area contributed by atoms with Crippen molar-refractivity contribution < 1.29 is 4.42 Å². The van der Waals surface area contributed by atoms with E-state index in [9.17, 15) is 0 Å². The topological polar surface area (TPSA) is 89.6 Å². The van der Waals surface area contributed by atoms with Crippen molar-refractivity contribution in [3.8, 4) is 0 Å². The van der Waals surface area contributed by atoms with Crippen molar-refractivity contribution in [3.05, 3.63) is 77.9 Å². The highest BCUT2D eigenvalue weighted by Crippen LogP contribution is 2.13. The maximum absolute atomic E-state index is 6.04. The van der Waals surface area contributed by atoms with Crippen LogP contribution >= 0.6 is 0 Å². The van der Waals surface area contributed by atoms with Gasteiger partial charge in [0.05, 0.1) is 12.0 Å². The molecule has 0 radical (unpaired) electrons. The molecule has 28 heavy (non-hydrogen) atoms. The summed E-state index contributed by atoms with van der Waals surface area (Å²) in [5.74, 6) is 1.38. The Kier molecular flexibility index (Phi) is 14.8. The van der Waals surface area contributed by atoms with Crippen molar-refractivity contribution in [2.24, 2.45) is 16.5 Å². The van der Waals surface area contributed by atoms with E-state index in [1.807, 2.05) is 69.3 Å². The smallest absolute Gasteiger partial charge is 0.149 e. The first-order valence-electron chi connectivity index (χ1n) is 9.82. The molecule has 2 aromatic rings. The van der Waals surface area contributed by atoms with Crippen LogP contribution in [0.1, 0.15) is 51.9 Å². The van der Waals surface area contributed by atoms with E-state index in [0.29, 0.717) is 5.84 Å². The third-order valence-corrected chi connectivity index (χ3v) is 3.45. The summed E-state index contributed by atoms with van der Waals surface area (Å²) in [6, 6.07) is 13.6. The molecule has 5 nitrogen and oxygen atoms in total. The van der Waals surface area contributed by atoms with Crippen LogP contribution in [0.5, 0.6) is 0 Å². The molecule has 0 saturated carbocycles. The van der Waals surface area contributed by atoms with Crippen LogP contribution in [0.25, 0.3) is 5.70 Å². The van der Waals surface area contributed by atoms with Crippen LogP contribution in [0.2, 0.25) is 0 Å². The lowest BCUT2D eigenvalue weighted by atomic mass is 10.2. The van der Waals surface area contributed by atoms with Crippen LogP contribution in [0, 0.1) is 0 Å². The number of nitrogens with two attached hydrogens (primary N) is 2. The zero-order valence-corrected chi connectivity index (χ0v) is 17.9. The van der Waals surface area contributed by atoms with E-state index in [4.69, 9.17) is 10.2 Å². The fraction of sp³-hybridized carbons (Fsp3) is 0.348. The van der Waals surface area contributed by atoms with Gasteiger partial charge in [0.2, 0.25) is 0 Å². The maximum Gasteiger partial charge on any atom is 0.149 e. The summed E-state index contributed by atoms with van der Waals surface area (Å²) in [7, 11) is 1.50. The fourth-order valence-electron chi connectivity index (χ4n) is 2.21. The summed E-state index contributed by atoms with van der Waals surface area (Å²) in [4.78, 5) is 4.45. The van der Waals surface area contributed by atoms with E-state index >= 15 is 0 Å². The second-order valence-corrected chi connectivity index (χ2v) is 5.47. The van der Waals surface area contributed by atoms with Gasteiger partial charge in [-0.25, -0.2) is 4.99 Å². The number of amidine groups is 1. The Balaban J connectivity index is 0.00000171. The molecule has 0 bridgehead atoms. The number of allylic oxidation sites excluding steroid dienone is 3. The van der Waals surface area contributed by atoms with Gasteiger partial charge in [-0.3, -0.25) is 0 Å². The minimum Gasteiger partial charge on any atom is -0.463 e. The monoisotopic (exact) mass is 384 g/mol. The van der Waals surface area contributed by atoms with Gasteiger partial charge in [0.15, 0.2) is 0 Å². The van der Waals surface area contributed by atoms with Crippen molar-refractivity contribution in [2.75, 3.05) is 13.6 Å². The Bertz CT molecular complexity index is 701. The molecule has 1 aromatic heterocycles. The lowest BCUT2D eigenvalue weighted by molar-refractivity contribution is 0.546. The van der Waals surface area contributed by atoms with Gasteiger partial charge in [0, 0.05) is 17.8 Å². The highest BCUT2D eigenvalue weighted by molar-refractivity contribution is 5.97. The van der Waals surface area contributed by atoms with Crippen LogP contribution in [-0.4, -0.2) is 19.4 Å². The van der Waals surface area contributed by atoms with Crippen LogP contribution in [0.4, 0.5) is 0 Å². The van der Waals surface area contributed by atoms with Gasteiger partial charge < -0.3 is 21.2 Å². The normalized spacial score (nSPS) is 11.7. The average Bonchev–Trinajstić information content (AvgIpc) is 3.29. The summed E-state index contributed by atoms with van der Waals surface area (Å²) < 4.78 is 5.47. The van der Waals surface area contributed by atoms with Gasteiger partial charge >= 0.3 is 0 Å². The predicted molar refractivity (Wildman–Crippen MR) is 122 cm³/mol. The number of nitrogens with one attached hydrogen (secondary N) is 1. The number of furan rings is 1. The van der Waals surface area contributed by atoms with Crippen molar-refractivity contribution in [1.29, 1.82) is 0 Å². The second kappa shape index (κ2) is 16.4. The molecule has 0 amide bonds. The van der Waals surface area contributed by atoms with Crippen LogP contribution in [-0.2, 0) is 0 Å². The summed E-state index contributed by atoms with van der Waals surface area (Å²) >= 11 is 0. The minimum absolute atomic E-state index is 0.531. The Hall–Kier alpha value is -2.79. The molecule has 5 heteroatoms. The summed E-state index contributed by atoms with van der Waals surface area (Å²) in [6.45, 7) is 9.00. The number of hydrogen-bond acceptors (Lipinski definition) is 4. The van der Waals surface area contributed by atoms with Gasteiger partial charge in [-0.15, -0.1) is 0 Å². The molecule has 1 heterocycles. The first-order valence-corrected chi connectivity index (χ1v) is 9.82. The quantitative estimate of drug-likeness (QED) is 0.445. The average molecular weight is 385 g/mol. The second-order valence-electron chi connectivity index (χ2n) is 5.47. The van der Waals surface area contributed by atoms with E-state index in [2.05, 4.69) is 29.0 Å². The SMILES string of the molecule is CC.CCCN/C(=C\C/C=C(/C)N=C(N)c1ccccc1)c1ccco1.CN. The van der Waals surface area contributed by atoms with Crippen LogP contribution in [0.3, 0.4) is 0 Å². The van der Waals surface area contributed by atoms with Crippen LogP contribution < -0.4 is 16.8 Å². The highest BCUT2D eigenvalue weighted by Gasteiger charge is 2.02. The molecule has 0 unspecified atom stereocenters. The Morgan fingerprint density at radius 3 is 2.32 bits per heavy atom. The first kappa shape index (κ1) is 25.2. The van der Waals surface area contributed by atoms with E-state index in [0.717, 1.165) is 42.1 Å². The van der Waals surface area contributed by atoms with Crippen molar-refractivity contribution in [3.63, 3.8) is 0 Å². The van der Waals surface area contributed by atoms with Crippen molar-refractivity contribution in [1.82, 2.24) is 5.32 Å². The Morgan fingerprint density at radius 1 is 1.07 bits per heavy atom. The molecular formula is C23H36N4O. The minimum atomic E-state index is 0.531. The Labute approximate surface area is 170 Å². The maximum atomic E-state index is 6.04. The number of aliphatic imine (C=N–C) groups is 1. The van der Waals surface area contributed by atoms with Crippen molar-refractivity contribution >= 4 is 11.5 Å². The molecule has 0 aliphatic heterocycles. The van der Waals surface area contributed by atoms with Gasteiger partial charge in [-0.05, 0) is 38.9 Å². The zero-order valence-electron chi connectivity index (χ0n) is 17.9. The first-order chi connectivity index (χ1) is 13.7. The number of rotatable bonds is 8. The zero-order chi connectivity index (χ0) is 21.2. The van der Waals surface area contributed by atoms with E-state index in [1.165, 1.54) is 7.05 Å². The summed E-state index contributed by atoms with van der Waals surface area (Å²) in [5, 5.41) is 3.39. The highest BCUT2D eigenvalue weighted by atomic mass is 16.3. The molecule has 1 aromatic carbocycles. The molecule has 0 aliphatic rings. The van der Waals surface area contributed by atoms with Gasteiger partial charge in [0.1, 0.15) is 11.6 Å². The number of benzene rings is 1. The molecule has 0 spiro atoms. The molecule has 0 aliphatic carbocycles. The van der Waals surface area contributed by atoms with Crippen LogP contribution in [0.15, 0.2) is 76.0 Å². The van der Waals surface area contributed by atoms with E-state index < -0.39 is 0 Å². The summed E-state index contributed by atoms with van der Waals surface area (Å²) in [5.41, 5.74) is 13.4. The lowest BCUT2D eigenvalue weighted by Crippen LogP contribution is -2.13. The third-order valence-electron chi connectivity index (χ3n) is 3.45. The molecule has 5 N–H and O–H groups in total. The molecule has 0 atom stereocenters. The number of hydrogen-bond donors (Lipinski definition) is 3. The van der Waals surface area contributed by atoms with Gasteiger partial charge in [-0.2, -0.15) is 0 Å². The lowest BCUT2D eigenvalue weighted by Gasteiger charge is -2.07. The molecule has 154 valence electrons. The molecule has 0 saturated heterocycles. The number of nitrogens with zero attached hydrogens (tertiary/aromatic N) is 1. The van der Waals surface area contributed by atoms with E-state index in [-0.39, 0.29) is 0 Å². The molecule has 2 rings (SSSR count). The van der Waals surface area contributed by atoms with Crippen molar-refractivity contribution in [2.45, 2.75) is 40.5 Å². The van der Waals surface area contributed by atoms with E-state index in [1.54, 1.807) is 6.26 Å². The molecular weight excluding hydrogens is 348 g/mol. The third kappa shape index (κ3) is 9.78. The molecule has 0 fully saturated rings. The van der Waals surface area contributed by atoms with Gasteiger partial charge in [0.25, 0.3) is 0 Å².